The van der Waals surface area contributed by atoms with E-state index in [4.69, 9.17) is 9.15 Å². The molecule has 0 amide bonds. The number of furan rings is 1. The van der Waals surface area contributed by atoms with Gasteiger partial charge in [-0.05, 0) is 12.1 Å². The first-order valence-corrected chi connectivity index (χ1v) is 8.16. The van der Waals surface area contributed by atoms with Crippen LogP contribution in [0, 0.1) is 0 Å². The van der Waals surface area contributed by atoms with E-state index in [0.29, 0.717) is 22.2 Å². The number of esters is 1. The number of nitrogens with zero attached hydrogens (tertiary/aromatic N) is 4. The first-order valence-electron chi connectivity index (χ1n) is 8.16. The van der Waals surface area contributed by atoms with Crippen LogP contribution < -0.4 is 0 Å². The summed E-state index contributed by atoms with van der Waals surface area (Å²) >= 11 is 0. The number of pyridine rings is 2. The Morgan fingerprint density at radius 2 is 2.15 bits per heavy atom. The molecule has 4 rings (SSSR count). The highest BCUT2D eigenvalue weighted by atomic mass is 16.5. The normalized spacial score (nSPS) is 12.3. The summed E-state index contributed by atoms with van der Waals surface area (Å²) in [5.74, 6) is -0.586. The van der Waals surface area contributed by atoms with Crippen LogP contribution in [0.2, 0.25) is 0 Å². The van der Waals surface area contributed by atoms with E-state index in [1.54, 1.807) is 35.3 Å². The smallest absolute Gasteiger partial charge is 0.356 e. The standard InChI is InChI=1S/C19H16N4O4/c1-23-10-12(9-21-23)14-4-3-11(8-20-14)17(24)13-7-16(19(25)26-2)22-15-5-6-27-18(13)15/h3-10,17,24H,1-2H3. The van der Waals surface area contributed by atoms with Gasteiger partial charge in [0.1, 0.15) is 17.3 Å². The molecular formula is C19H16N4O4. The van der Waals surface area contributed by atoms with Gasteiger partial charge in [-0.1, -0.05) is 6.07 Å². The Hall–Kier alpha value is -3.52. The molecule has 27 heavy (non-hydrogen) atoms. The molecule has 1 N–H and O–H groups in total. The lowest BCUT2D eigenvalue weighted by molar-refractivity contribution is 0.0594. The van der Waals surface area contributed by atoms with E-state index < -0.39 is 12.1 Å². The number of aromatic nitrogens is 4. The maximum atomic E-state index is 11.9. The minimum atomic E-state index is -1.04. The molecule has 8 nitrogen and oxygen atoms in total. The van der Waals surface area contributed by atoms with Crippen LogP contribution in [-0.4, -0.2) is 37.9 Å². The molecule has 0 saturated carbocycles. The molecule has 0 aliphatic rings. The van der Waals surface area contributed by atoms with Gasteiger partial charge in [0, 0.05) is 42.2 Å². The van der Waals surface area contributed by atoms with Crippen molar-refractivity contribution in [2.75, 3.05) is 7.11 Å². The molecule has 4 aromatic rings. The average molecular weight is 364 g/mol. The second-order valence-electron chi connectivity index (χ2n) is 6.01. The molecule has 0 aliphatic heterocycles. The number of carbonyl (C=O) groups is 1. The summed E-state index contributed by atoms with van der Waals surface area (Å²) in [5.41, 5.74) is 3.57. The van der Waals surface area contributed by atoms with Crippen LogP contribution in [-0.2, 0) is 11.8 Å². The van der Waals surface area contributed by atoms with Crippen LogP contribution >= 0.6 is 0 Å². The van der Waals surface area contributed by atoms with Crippen LogP contribution in [0.25, 0.3) is 22.4 Å². The predicted octanol–water partition coefficient (Wildman–Crippen LogP) is 2.49. The number of aliphatic hydroxyl groups excluding tert-OH is 1. The fraction of sp³-hybridized carbons (Fsp3) is 0.158. The average Bonchev–Trinajstić information content (AvgIpc) is 3.35. The predicted molar refractivity (Wildman–Crippen MR) is 95.8 cm³/mol. The minimum Gasteiger partial charge on any atom is -0.464 e. The molecule has 0 saturated heterocycles. The highest BCUT2D eigenvalue weighted by molar-refractivity contribution is 5.91. The van der Waals surface area contributed by atoms with Crippen molar-refractivity contribution in [1.29, 1.82) is 0 Å². The Bertz CT molecular complexity index is 1110. The Morgan fingerprint density at radius 3 is 2.81 bits per heavy atom. The van der Waals surface area contributed by atoms with Gasteiger partial charge in [-0.2, -0.15) is 5.10 Å². The largest absolute Gasteiger partial charge is 0.464 e. The molecule has 136 valence electrons. The lowest BCUT2D eigenvalue weighted by Crippen LogP contribution is -2.08. The topological polar surface area (TPSA) is 103 Å². The van der Waals surface area contributed by atoms with Crippen molar-refractivity contribution in [2.45, 2.75) is 6.10 Å². The van der Waals surface area contributed by atoms with Gasteiger partial charge in [0.25, 0.3) is 0 Å². The summed E-state index contributed by atoms with van der Waals surface area (Å²) in [7, 11) is 3.11. The van der Waals surface area contributed by atoms with Gasteiger partial charge < -0.3 is 14.3 Å². The number of carbonyl (C=O) groups excluding carboxylic acids is 1. The molecule has 1 atom stereocenters. The summed E-state index contributed by atoms with van der Waals surface area (Å²) in [4.78, 5) is 20.5. The van der Waals surface area contributed by atoms with Gasteiger partial charge in [-0.15, -0.1) is 0 Å². The second-order valence-corrected chi connectivity index (χ2v) is 6.01. The molecule has 8 heteroatoms. The van der Waals surface area contributed by atoms with Crippen molar-refractivity contribution in [3.05, 3.63) is 65.9 Å². The number of ether oxygens (including phenoxy) is 1. The lowest BCUT2D eigenvalue weighted by atomic mass is 10.0. The summed E-state index contributed by atoms with van der Waals surface area (Å²) < 4.78 is 11.9. The van der Waals surface area contributed by atoms with Crippen molar-refractivity contribution in [2.24, 2.45) is 7.05 Å². The summed E-state index contributed by atoms with van der Waals surface area (Å²) in [6.07, 6.45) is 5.58. The zero-order valence-corrected chi connectivity index (χ0v) is 14.7. The molecule has 0 fully saturated rings. The van der Waals surface area contributed by atoms with E-state index in [9.17, 15) is 9.90 Å². The number of fused-ring (bicyclic) bond motifs is 1. The van der Waals surface area contributed by atoms with E-state index in [0.717, 1.165) is 11.3 Å². The number of hydrogen-bond donors (Lipinski definition) is 1. The molecule has 0 aromatic carbocycles. The molecule has 0 spiro atoms. The number of methoxy groups -OCH3 is 1. The van der Waals surface area contributed by atoms with Gasteiger partial charge in [-0.25, -0.2) is 9.78 Å². The third-order valence-electron chi connectivity index (χ3n) is 4.23. The van der Waals surface area contributed by atoms with E-state index in [1.165, 1.54) is 19.4 Å². The maximum absolute atomic E-state index is 11.9. The minimum absolute atomic E-state index is 0.0976. The van der Waals surface area contributed by atoms with Gasteiger partial charge in [0.05, 0.1) is 25.3 Å². The highest BCUT2D eigenvalue weighted by Crippen LogP contribution is 2.30. The lowest BCUT2D eigenvalue weighted by Gasteiger charge is -2.13. The fourth-order valence-corrected chi connectivity index (χ4v) is 2.86. The third kappa shape index (κ3) is 3.06. The first kappa shape index (κ1) is 16.9. The van der Waals surface area contributed by atoms with Crippen molar-refractivity contribution in [1.82, 2.24) is 19.7 Å². The molecule has 1 unspecified atom stereocenters. The molecule has 0 bridgehead atoms. The number of aliphatic hydroxyl groups is 1. The zero-order valence-electron chi connectivity index (χ0n) is 14.7. The van der Waals surface area contributed by atoms with Gasteiger partial charge in [-0.3, -0.25) is 9.67 Å². The summed E-state index contributed by atoms with van der Waals surface area (Å²) in [5, 5.41) is 15.0. The van der Waals surface area contributed by atoms with Crippen LogP contribution in [0.3, 0.4) is 0 Å². The Balaban J connectivity index is 1.73. The summed E-state index contributed by atoms with van der Waals surface area (Å²) in [6, 6.07) is 6.67. The molecule has 0 radical (unpaired) electrons. The highest BCUT2D eigenvalue weighted by Gasteiger charge is 2.21. The van der Waals surface area contributed by atoms with E-state index >= 15 is 0 Å². The fourth-order valence-electron chi connectivity index (χ4n) is 2.86. The SMILES string of the molecule is COC(=O)c1cc(C(O)c2ccc(-c3cnn(C)c3)nc2)c2occc2n1. The van der Waals surface area contributed by atoms with Crippen molar-refractivity contribution in [3.63, 3.8) is 0 Å². The molecule has 0 aliphatic carbocycles. The van der Waals surface area contributed by atoms with E-state index in [2.05, 4.69) is 15.1 Å². The van der Waals surface area contributed by atoms with Crippen molar-refractivity contribution in [3.8, 4) is 11.3 Å². The van der Waals surface area contributed by atoms with Gasteiger partial charge in [0.2, 0.25) is 0 Å². The van der Waals surface area contributed by atoms with Crippen LogP contribution in [0.4, 0.5) is 0 Å². The Labute approximate surface area is 154 Å². The maximum Gasteiger partial charge on any atom is 0.356 e. The number of aryl methyl sites for hydroxylation is 1. The third-order valence-corrected chi connectivity index (χ3v) is 4.23. The zero-order chi connectivity index (χ0) is 19.0. The quantitative estimate of drug-likeness (QED) is 0.555. The number of rotatable bonds is 4. The molecule has 4 heterocycles. The van der Waals surface area contributed by atoms with Gasteiger partial charge in [0.15, 0.2) is 5.58 Å². The van der Waals surface area contributed by atoms with Crippen molar-refractivity contribution < 1.29 is 19.1 Å². The van der Waals surface area contributed by atoms with Crippen LogP contribution in [0.5, 0.6) is 0 Å². The Kier molecular flexibility index (Phi) is 4.17. The van der Waals surface area contributed by atoms with Crippen LogP contribution in [0.15, 0.2) is 53.5 Å². The summed E-state index contributed by atoms with van der Waals surface area (Å²) in [6.45, 7) is 0. The first-order chi connectivity index (χ1) is 13.1. The number of hydrogen-bond acceptors (Lipinski definition) is 7. The second kappa shape index (κ2) is 6.65. The molecule has 4 aromatic heterocycles. The van der Waals surface area contributed by atoms with Crippen LogP contribution in [0.1, 0.15) is 27.7 Å². The monoisotopic (exact) mass is 364 g/mol. The van der Waals surface area contributed by atoms with E-state index in [1.807, 2.05) is 13.2 Å². The Morgan fingerprint density at radius 1 is 1.30 bits per heavy atom. The molecular weight excluding hydrogens is 348 g/mol. The van der Waals surface area contributed by atoms with E-state index in [-0.39, 0.29) is 5.69 Å². The van der Waals surface area contributed by atoms with Gasteiger partial charge >= 0.3 is 5.97 Å². The van der Waals surface area contributed by atoms with Crippen molar-refractivity contribution >= 4 is 17.1 Å².